The zero-order valence-corrected chi connectivity index (χ0v) is 18.0. The number of amides is 1. The Bertz CT molecular complexity index is 733. The number of piperazine rings is 1. The van der Waals surface area contributed by atoms with Crippen molar-refractivity contribution in [2.45, 2.75) is 19.9 Å². The highest BCUT2D eigenvalue weighted by Crippen LogP contribution is 2.20. The third-order valence-corrected chi connectivity index (χ3v) is 5.70. The molecule has 0 bridgehead atoms. The third-order valence-electron chi connectivity index (χ3n) is 4.81. The first-order chi connectivity index (χ1) is 12.6. The van der Waals surface area contributed by atoms with Gasteiger partial charge >= 0.3 is 0 Å². The van der Waals surface area contributed by atoms with E-state index >= 15 is 0 Å². The third kappa shape index (κ3) is 6.92. The highest BCUT2D eigenvalue weighted by molar-refractivity contribution is 9.10. The molecular formula is C21H26BrClN3O-. The van der Waals surface area contributed by atoms with E-state index < -0.39 is 0 Å². The molecule has 1 aliphatic heterocycles. The Labute approximate surface area is 176 Å². The van der Waals surface area contributed by atoms with Gasteiger partial charge in [-0.1, -0.05) is 46.3 Å². The van der Waals surface area contributed by atoms with Gasteiger partial charge in [-0.2, -0.15) is 0 Å². The molecule has 0 aromatic heterocycles. The van der Waals surface area contributed by atoms with E-state index in [9.17, 15) is 4.79 Å². The first kappa shape index (κ1) is 21.9. The molecule has 3 rings (SSSR count). The zero-order chi connectivity index (χ0) is 18.4. The number of anilines is 1. The van der Waals surface area contributed by atoms with Gasteiger partial charge in [0.2, 0.25) is 5.91 Å². The number of hydrogen-bond acceptors (Lipinski definition) is 3. The fourth-order valence-corrected chi connectivity index (χ4v) is 3.46. The van der Waals surface area contributed by atoms with E-state index in [2.05, 4.69) is 61.4 Å². The number of carbonyl (C=O) groups excluding carboxylic acids is 1. The number of nitrogens with zero attached hydrogens (tertiary/aromatic N) is 2. The van der Waals surface area contributed by atoms with Crippen LogP contribution in [0.4, 0.5) is 5.69 Å². The molecule has 4 nitrogen and oxygen atoms in total. The van der Waals surface area contributed by atoms with Crippen LogP contribution in [-0.4, -0.2) is 48.4 Å². The largest absolute Gasteiger partial charge is 1.00 e. The molecule has 2 aromatic rings. The average Bonchev–Trinajstić information content (AvgIpc) is 2.65. The molecule has 1 aliphatic rings. The van der Waals surface area contributed by atoms with Crippen LogP contribution in [-0.2, 0) is 11.3 Å². The summed E-state index contributed by atoms with van der Waals surface area (Å²) in [5, 5.41) is 2.99. The van der Waals surface area contributed by atoms with Gasteiger partial charge in [0.1, 0.15) is 0 Å². The highest BCUT2D eigenvalue weighted by Gasteiger charge is 2.17. The van der Waals surface area contributed by atoms with E-state index in [0.717, 1.165) is 55.0 Å². The van der Waals surface area contributed by atoms with Crippen LogP contribution in [0.2, 0.25) is 0 Å². The molecule has 146 valence electrons. The Balaban J connectivity index is 0.00000261. The Kier molecular flexibility index (Phi) is 8.77. The first-order valence-corrected chi connectivity index (χ1v) is 9.94. The Morgan fingerprint density at radius 1 is 1.04 bits per heavy atom. The minimum Gasteiger partial charge on any atom is -1.00 e. The number of hydrogen-bond donors (Lipinski definition) is 1. The maximum absolute atomic E-state index is 12.2. The van der Waals surface area contributed by atoms with E-state index in [4.69, 9.17) is 0 Å². The quantitative estimate of drug-likeness (QED) is 0.709. The lowest BCUT2D eigenvalue weighted by Gasteiger charge is -2.34. The van der Waals surface area contributed by atoms with E-state index in [0.29, 0.717) is 6.42 Å². The van der Waals surface area contributed by atoms with Gasteiger partial charge in [0, 0.05) is 55.8 Å². The average molecular weight is 452 g/mol. The van der Waals surface area contributed by atoms with Crippen LogP contribution < -0.4 is 17.7 Å². The van der Waals surface area contributed by atoms with Crippen LogP contribution in [0.5, 0.6) is 0 Å². The van der Waals surface area contributed by atoms with Crippen molar-refractivity contribution < 1.29 is 17.2 Å². The molecule has 1 amide bonds. The van der Waals surface area contributed by atoms with Gasteiger partial charge in [0.25, 0.3) is 0 Å². The Morgan fingerprint density at radius 3 is 2.37 bits per heavy atom. The van der Waals surface area contributed by atoms with Gasteiger partial charge in [-0.3, -0.25) is 9.69 Å². The fraction of sp³-hybridized carbons (Fsp3) is 0.381. The molecular weight excluding hydrogens is 426 g/mol. The molecule has 6 heteroatoms. The molecule has 0 aliphatic carbocycles. The monoisotopic (exact) mass is 450 g/mol. The zero-order valence-electron chi connectivity index (χ0n) is 15.6. The molecule has 1 fully saturated rings. The summed E-state index contributed by atoms with van der Waals surface area (Å²) < 4.78 is 1.06. The topological polar surface area (TPSA) is 35.6 Å². The molecule has 1 heterocycles. The van der Waals surface area contributed by atoms with Crippen molar-refractivity contribution in [3.05, 3.63) is 64.1 Å². The molecule has 27 heavy (non-hydrogen) atoms. The van der Waals surface area contributed by atoms with Crippen LogP contribution in [0.1, 0.15) is 17.5 Å². The predicted octanol–water partition coefficient (Wildman–Crippen LogP) is 0.908. The number of aryl methyl sites for hydroxylation is 1. The molecule has 0 saturated carbocycles. The number of halogens is 2. The summed E-state index contributed by atoms with van der Waals surface area (Å²) in [6, 6.07) is 16.5. The summed E-state index contributed by atoms with van der Waals surface area (Å²) >= 11 is 3.48. The van der Waals surface area contributed by atoms with Crippen LogP contribution in [0.15, 0.2) is 53.0 Å². The van der Waals surface area contributed by atoms with Crippen molar-refractivity contribution in [1.29, 1.82) is 0 Å². The lowest BCUT2D eigenvalue weighted by atomic mass is 10.2. The van der Waals surface area contributed by atoms with Gasteiger partial charge < -0.3 is 22.6 Å². The number of rotatable bonds is 6. The Hall–Kier alpha value is -1.40. The van der Waals surface area contributed by atoms with E-state index in [1.807, 2.05) is 25.1 Å². The number of nitrogens with one attached hydrogen (secondary N) is 1. The molecule has 0 unspecified atom stereocenters. The minimum atomic E-state index is 0. The second kappa shape index (κ2) is 10.8. The fourth-order valence-electron chi connectivity index (χ4n) is 3.22. The number of carbonyl (C=O) groups is 1. The lowest BCUT2D eigenvalue weighted by molar-refractivity contribution is -0.116. The second-order valence-corrected chi connectivity index (χ2v) is 7.72. The van der Waals surface area contributed by atoms with E-state index in [1.165, 1.54) is 5.56 Å². The second-order valence-electron chi connectivity index (χ2n) is 6.87. The lowest BCUT2D eigenvalue weighted by Crippen LogP contribution is -3.00. The van der Waals surface area contributed by atoms with Crippen molar-refractivity contribution in [3.8, 4) is 0 Å². The summed E-state index contributed by atoms with van der Waals surface area (Å²) in [6.45, 7) is 8.02. The van der Waals surface area contributed by atoms with Gasteiger partial charge in [0.05, 0.1) is 0 Å². The predicted molar refractivity (Wildman–Crippen MR) is 110 cm³/mol. The van der Waals surface area contributed by atoms with Crippen molar-refractivity contribution in [1.82, 2.24) is 9.80 Å². The van der Waals surface area contributed by atoms with Crippen LogP contribution in [0, 0.1) is 6.92 Å². The smallest absolute Gasteiger partial charge is 0.225 e. The summed E-state index contributed by atoms with van der Waals surface area (Å²) in [4.78, 5) is 17.1. The molecule has 0 spiro atoms. The summed E-state index contributed by atoms with van der Waals surface area (Å²) in [6.07, 6.45) is 0.536. The van der Waals surface area contributed by atoms with Gasteiger partial charge in [-0.15, -0.1) is 0 Å². The standard InChI is InChI=1S/C21H26BrN3O.ClH/c1-17-15-19(7-8-20(17)22)23-21(26)9-10-24-11-13-25(14-12-24)16-18-5-3-2-4-6-18;/h2-8,15H,9-14,16H2,1H3,(H,23,26);1H/p-1. The van der Waals surface area contributed by atoms with Crippen molar-refractivity contribution >= 4 is 27.5 Å². The van der Waals surface area contributed by atoms with Crippen LogP contribution in [0.25, 0.3) is 0 Å². The molecule has 0 atom stereocenters. The van der Waals surface area contributed by atoms with Gasteiger partial charge in [-0.25, -0.2) is 0 Å². The van der Waals surface area contributed by atoms with Crippen LogP contribution in [0.3, 0.4) is 0 Å². The molecule has 1 N–H and O–H groups in total. The first-order valence-electron chi connectivity index (χ1n) is 9.15. The molecule has 2 aromatic carbocycles. The highest BCUT2D eigenvalue weighted by atomic mass is 79.9. The minimum absolute atomic E-state index is 0. The maximum Gasteiger partial charge on any atom is 0.225 e. The molecule has 0 radical (unpaired) electrons. The van der Waals surface area contributed by atoms with Gasteiger partial charge in [0.15, 0.2) is 0 Å². The van der Waals surface area contributed by atoms with Crippen LogP contribution >= 0.6 is 15.9 Å². The van der Waals surface area contributed by atoms with E-state index in [-0.39, 0.29) is 18.3 Å². The maximum atomic E-state index is 12.2. The van der Waals surface area contributed by atoms with E-state index in [1.54, 1.807) is 0 Å². The summed E-state index contributed by atoms with van der Waals surface area (Å²) in [7, 11) is 0. The van der Waals surface area contributed by atoms with Crippen molar-refractivity contribution in [3.63, 3.8) is 0 Å². The SMILES string of the molecule is Cc1cc(NC(=O)CCN2CCN(Cc3ccccc3)CC2)ccc1Br.[Cl-]. The molecule has 1 saturated heterocycles. The summed E-state index contributed by atoms with van der Waals surface area (Å²) in [5.41, 5.74) is 3.35. The number of benzene rings is 2. The normalized spacial score (nSPS) is 15.2. The Morgan fingerprint density at radius 2 is 1.70 bits per heavy atom. The van der Waals surface area contributed by atoms with Crippen molar-refractivity contribution in [2.75, 3.05) is 38.0 Å². The van der Waals surface area contributed by atoms with Crippen molar-refractivity contribution in [2.24, 2.45) is 0 Å². The van der Waals surface area contributed by atoms with Gasteiger partial charge in [-0.05, 0) is 36.2 Å². The summed E-state index contributed by atoms with van der Waals surface area (Å²) in [5.74, 6) is 0.0819.